The molecule has 0 radical (unpaired) electrons. The van der Waals surface area contributed by atoms with Gasteiger partial charge in [-0.05, 0) is 101 Å². The van der Waals surface area contributed by atoms with E-state index in [1.807, 2.05) is 24.3 Å². The first-order chi connectivity index (χ1) is 29.3. The largest absolute Gasteiger partial charge is 0.497 e. The van der Waals surface area contributed by atoms with Crippen LogP contribution in [-0.2, 0) is 42.0 Å². The molecule has 2 saturated carbocycles. The van der Waals surface area contributed by atoms with Gasteiger partial charge in [0, 0.05) is 28.8 Å². The van der Waals surface area contributed by atoms with E-state index in [1.54, 1.807) is 50.5 Å². The Bertz CT molecular complexity index is 2390. The van der Waals surface area contributed by atoms with Gasteiger partial charge in [0.1, 0.15) is 52.0 Å². The number of benzene rings is 2. The molecular weight excluding hydrogens is 821 g/mol. The molecule has 324 valence electrons. The Morgan fingerprint density at radius 1 is 0.918 bits per heavy atom. The highest BCUT2D eigenvalue weighted by atomic mass is 32.2. The maximum Gasteiger partial charge on any atom is 0.408 e. The molecule has 4 aliphatic rings. The lowest BCUT2D eigenvalue weighted by Crippen LogP contribution is -2.66. The first kappa shape index (κ1) is 42.4. The van der Waals surface area contributed by atoms with E-state index in [0.717, 1.165) is 62.1 Å². The average molecular weight is 873 g/mol. The van der Waals surface area contributed by atoms with Gasteiger partial charge in [-0.15, -0.1) is 11.3 Å². The molecule has 3 heterocycles. The van der Waals surface area contributed by atoms with Crippen LogP contribution in [-0.4, -0.2) is 90.6 Å². The standard InChI is InChI=1S/C44H52N6O9S2/c1-26(2)38(47-43(54)59-27-12-7-8-13-27)41(52)50-25-29(23-35(50)39(51)48-44(20-11-21-44)42(53)49-61(55,56)30-14-5-4-6-15-30)58-36-24-34(40-46-32-16-9-10-17-37(32)60-40)45-33-22-28(57-3)18-19-31(33)36/h4-6,14-15,18-19,22,24,26-27,29,35,38H,7-13,16-17,20-21,23,25H2,1-3H3,(H,47,54)(H,48,51)(H,49,53)/t29-,35+,38+/m1/s1. The zero-order valence-electron chi connectivity index (χ0n) is 34.6. The third-order valence-electron chi connectivity index (χ3n) is 12.3. The van der Waals surface area contributed by atoms with E-state index in [0.29, 0.717) is 34.5 Å². The third kappa shape index (κ3) is 9.03. The Hall–Kier alpha value is -5.29. The van der Waals surface area contributed by atoms with Crippen LogP contribution >= 0.6 is 11.3 Å². The van der Waals surface area contributed by atoms with Crippen molar-refractivity contribution in [1.29, 1.82) is 0 Å². The Morgan fingerprint density at radius 2 is 1.67 bits per heavy atom. The maximum absolute atomic E-state index is 14.6. The molecule has 3 fully saturated rings. The maximum atomic E-state index is 14.6. The summed E-state index contributed by atoms with van der Waals surface area (Å²) in [6.45, 7) is 3.57. The molecule has 0 spiro atoms. The van der Waals surface area contributed by atoms with Crippen molar-refractivity contribution >= 4 is 56.1 Å². The molecule has 17 heteroatoms. The highest BCUT2D eigenvalue weighted by Gasteiger charge is 2.51. The molecule has 2 aromatic carbocycles. The number of hydrogen-bond donors (Lipinski definition) is 3. The van der Waals surface area contributed by atoms with Crippen LogP contribution in [0.4, 0.5) is 4.79 Å². The summed E-state index contributed by atoms with van der Waals surface area (Å²) in [6.07, 6.45) is 6.91. The molecule has 8 rings (SSSR count). The summed E-state index contributed by atoms with van der Waals surface area (Å²) in [7, 11) is -2.65. The number of amides is 4. The van der Waals surface area contributed by atoms with Crippen LogP contribution in [0.1, 0.15) is 88.6 Å². The second kappa shape index (κ2) is 17.6. The van der Waals surface area contributed by atoms with Gasteiger partial charge < -0.3 is 29.7 Å². The van der Waals surface area contributed by atoms with E-state index >= 15 is 0 Å². The first-order valence-electron chi connectivity index (χ1n) is 21.2. The number of nitrogens with one attached hydrogen (secondary N) is 3. The summed E-state index contributed by atoms with van der Waals surface area (Å²) in [4.78, 5) is 68.6. The van der Waals surface area contributed by atoms with E-state index in [-0.39, 0.29) is 42.7 Å². The van der Waals surface area contributed by atoms with Crippen molar-refractivity contribution < 1.29 is 41.8 Å². The van der Waals surface area contributed by atoms with Gasteiger partial charge in [0.2, 0.25) is 11.8 Å². The molecule has 4 amide bonds. The van der Waals surface area contributed by atoms with Crippen LogP contribution in [0.3, 0.4) is 0 Å². The van der Waals surface area contributed by atoms with Gasteiger partial charge in [-0.25, -0.2) is 27.9 Å². The molecule has 4 aromatic rings. The minimum atomic E-state index is -4.23. The van der Waals surface area contributed by atoms with E-state index < -0.39 is 57.6 Å². The number of rotatable bonds is 13. The highest BCUT2D eigenvalue weighted by Crippen LogP contribution is 2.39. The average Bonchev–Trinajstić information content (AvgIpc) is 4.01. The highest BCUT2D eigenvalue weighted by molar-refractivity contribution is 7.90. The molecule has 2 aromatic heterocycles. The number of likely N-dealkylation sites (tertiary alicyclic amines) is 1. The number of aromatic nitrogens is 2. The fourth-order valence-electron chi connectivity index (χ4n) is 8.67. The fraction of sp³-hybridized carbons (Fsp3) is 0.500. The summed E-state index contributed by atoms with van der Waals surface area (Å²) < 4.78 is 46.5. The van der Waals surface area contributed by atoms with Crippen molar-refractivity contribution in [3.8, 4) is 22.2 Å². The van der Waals surface area contributed by atoms with Crippen LogP contribution in [0, 0.1) is 5.92 Å². The normalized spacial score (nSPS) is 20.4. The van der Waals surface area contributed by atoms with Crippen molar-refractivity contribution in [3.63, 3.8) is 0 Å². The van der Waals surface area contributed by atoms with Crippen molar-refractivity contribution in [3.05, 3.63) is 65.2 Å². The molecule has 0 bridgehead atoms. The van der Waals surface area contributed by atoms with Gasteiger partial charge in [-0.3, -0.25) is 14.4 Å². The number of methoxy groups -OCH3 is 1. The number of carbonyl (C=O) groups is 4. The lowest BCUT2D eigenvalue weighted by Gasteiger charge is -2.41. The van der Waals surface area contributed by atoms with Crippen LogP contribution in [0.15, 0.2) is 59.5 Å². The summed E-state index contributed by atoms with van der Waals surface area (Å²) in [6, 6.07) is 12.7. The Kier molecular flexibility index (Phi) is 12.2. The van der Waals surface area contributed by atoms with Crippen molar-refractivity contribution in [1.82, 2.24) is 30.2 Å². The monoisotopic (exact) mass is 872 g/mol. The Morgan fingerprint density at radius 3 is 2.36 bits per heavy atom. The fourth-order valence-corrected chi connectivity index (χ4v) is 10.9. The molecule has 3 N–H and O–H groups in total. The summed E-state index contributed by atoms with van der Waals surface area (Å²) in [5.41, 5.74) is 0.823. The number of nitrogens with zero attached hydrogens (tertiary/aromatic N) is 3. The lowest BCUT2D eigenvalue weighted by molar-refractivity contribution is -0.144. The predicted molar refractivity (Wildman–Crippen MR) is 228 cm³/mol. The van der Waals surface area contributed by atoms with Crippen LogP contribution < -0.4 is 24.8 Å². The summed E-state index contributed by atoms with van der Waals surface area (Å²) in [5.74, 6) is -1.30. The zero-order chi connectivity index (χ0) is 42.9. The minimum absolute atomic E-state index is 0.0259. The van der Waals surface area contributed by atoms with Gasteiger partial charge in [0.25, 0.3) is 15.9 Å². The predicted octanol–water partition coefficient (Wildman–Crippen LogP) is 5.83. The number of fused-ring (bicyclic) bond motifs is 2. The van der Waals surface area contributed by atoms with Gasteiger partial charge in [-0.2, -0.15) is 0 Å². The molecular formula is C44H52N6O9S2. The number of aryl methyl sites for hydroxylation is 2. The Balaban J connectivity index is 1.09. The van der Waals surface area contributed by atoms with E-state index in [1.165, 1.54) is 21.9 Å². The number of carbonyl (C=O) groups excluding carboxylic acids is 4. The van der Waals surface area contributed by atoms with Crippen molar-refractivity contribution in [2.24, 2.45) is 5.92 Å². The number of pyridine rings is 1. The third-order valence-corrected chi connectivity index (χ3v) is 14.8. The smallest absolute Gasteiger partial charge is 0.408 e. The van der Waals surface area contributed by atoms with E-state index in [2.05, 4.69) is 15.4 Å². The van der Waals surface area contributed by atoms with Crippen LogP contribution in [0.5, 0.6) is 11.5 Å². The lowest BCUT2D eigenvalue weighted by atomic mass is 9.76. The number of alkyl carbamates (subject to hydrolysis) is 1. The SMILES string of the molecule is COc1ccc2c(O[C@@H]3C[C@@H](C(=O)NC4(C(=O)NS(=O)(=O)c5ccccc5)CCC4)N(C(=O)[C@@H](NC(=O)OC4CCCC4)C(C)C)C3)cc(-c3nc4c(s3)CCCC4)nc2c1. The van der Waals surface area contributed by atoms with Crippen LogP contribution in [0.2, 0.25) is 0 Å². The number of sulfonamides is 1. The quantitative estimate of drug-likeness (QED) is 0.146. The number of hydrogen-bond acceptors (Lipinski definition) is 12. The molecule has 61 heavy (non-hydrogen) atoms. The summed E-state index contributed by atoms with van der Waals surface area (Å²) >= 11 is 1.62. The molecule has 3 atom stereocenters. The second-order valence-corrected chi connectivity index (χ2v) is 19.6. The van der Waals surface area contributed by atoms with Crippen molar-refractivity contribution in [2.45, 2.75) is 126 Å². The van der Waals surface area contributed by atoms with Crippen LogP contribution in [0.25, 0.3) is 21.6 Å². The van der Waals surface area contributed by atoms with Gasteiger partial charge in [0.05, 0.1) is 29.8 Å². The van der Waals surface area contributed by atoms with E-state index in [9.17, 15) is 27.6 Å². The van der Waals surface area contributed by atoms with E-state index in [4.69, 9.17) is 24.2 Å². The molecule has 1 aliphatic heterocycles. The number of ether oxygens (including phenoxy) is 3. The topological polar surface area (TPSA) is 195 Å². The van der Waals surface area contributed by atoms with Crippen molar-refractivity contribution in [2.75, 3.05) is 13.7 Å². The van der Waals surface area contributed by atoms with Gasteiger partial charge in [-0.1, -0.05) is 32.0 Å². The summed E-state index contributed by atoms with van der Waals surface area (Å²) in [5, 5.41) is 7.10. The van der Waals surface area contributed by atoms with Gasteiger partial charge >= 0.3 is 6.09 Å². The molecule has 1 saturated heterocycles. The molecule has 15 nitrogen and oxygen atoms in total. The second-order valence-electron chi connectivity index (χ2n) is 16.8. The Labute approximate surface area is 359 Å². The minimum Gasteiger partial charge on any atom is -0.497 e. The molecule has 0 unspecified atom stereocenters. The van der Waals surface area contributed by atoms with Gasteiger partial charge in [0.15, 0.2) is 0 Å². The molecule has 3 aliphatic carbocycles. The zero-order valence-corrected chi connectivity index (χ0v) is 36.2. The number of thiazole rings is 1. The first-order valence-corrected chi connectivity index (χ1v) is 23.5.